The molecule has 0 fully saturated rings. The molecule has 1 N–H and O–H groups in total. The van der Waals surface area contributed by atoms with Crippen molar-refractivity contribution in [1.29, 1.82) is 0 Å². The number of hydrogen-bond acceptors (Lipinski definition) is 0. The van der Waals surface area contributed by atoms with Crippen LogP contribution in [0.4, 0.5) is 0 Å². The predicted octanol–water partition coefficient (Wildman–Crippen LogP) is 10.9. The van der Waals surface area contributed by atoms with Crippen molar-refractivity contribution in [2.45, 2.75) is 0 Å². The van der Waals surface area contributed by atoms with E-state index >= 15 is 0 Å². The van der Waals surface area contributed by atoms with Crippen LogP contribution >= 0.6 is 0 Å². The molecule has 0 saturated carbocycles. The van der Waals surface area contributed by atoms with E-state index < -0.39 is 0 Å². The first-order chi connectivity index (χ1) is 20.8. The molecule has 0 radical (unpaired) electrons. The first kappa shape index (κ1) is 23.1. The molecule has 0 amide bonds. The van der Waals surface area contributed by atoms with Crippen molar-refractivity contribution in [3.8, 4) is 27.9 Å². The maximum absolute atomic E-state index is 3.56. The Balaban J connectivity index is 1.30. The van der Waals surface area contributed by atoms with Crippen molar-refractivity contribution >= 4 is 54.4 Å². The van der Waals surface area contributed by atoms with E-state index in [2.05, 4.69) is 161 Å². The average Bonchev–Trinajstić information content (AvgIpc) is 3.58. The van der Waals surface area contributed by atoms with E-state index in [9.17, 15) is 0 Å². The minimum absolute atomic E-state index is 1.17. The number of rotatable bonds is 3. The second-order valence-corrected chi connectivity index (χ2v) is 11.1. The van der Waals surface area contributed by atoms with Crippen LogP contribution in [0.5, 0.6) is 0 Å². The molecule has 7 aromatic carbocycles. The zero-order chi connectivity index (χ0) is 27.6. The lowest BCUT2D eigenvalue weighted by molar-refractivity contribution is 1.18. The summed E-state index contributed by atoms with van der Waals surface area (Å²) in [7, 11) is 0. The largest absolute Gasteiger partial charge is 0.355 e. The summed E-state index contributed by atoms with van der Waals surface area (Å²) >= 11 is 0. The van der Waals surface area contributed by atoms with Gasteiger partial charge in [0, 0.05) is 38.3 Å². The zero-order valence-electron chi connectivity index (χ0n) is 22.9. The Bertz CT molecular complexity index is 2460. The Morgan fingerprint density at radius 2 is 1.00 bits per heavy atom. The number of H-pyrrole nitrogens is 1. The molecule has 2 heteroatoms. The second kappa shape index (κ2) is 8.95. The lowest BCUT2D eigenvalue weighted by atomic mass is 10.00. The Kier molecular flexibility index (Phi) is 4.93. The van der Waals surface area contributed by atoms with E-state index in [0.29, 0.717) is 0 Å². The van der Waals surface area contributed by atoms with Gasteiger partial charge in [-0.05, 0) is 87.6 Å². The number of para-hydroxylation sites is 1. The van der Waals surface area contributed by atoms with E-state index in [1.54, 1.807) is 0 Å². The quantitative estimate of drug-likeness (QED) is 0.233. The van der Waals surface area contributed by atoms with Crippen LogP contribution in [-0.4, -0.2) is 9.55 Å². The highest BCUT2D eigenvalue weighted by atomic mass is 15.0. The van der Waals surface area contributed by atoms with Gasteiger partial charge in [0.25, 0.3) is 0 Å². The predicted molar refractivity (Wildman–Crippen MR) is 179 cm³/mol. The third kappa shape index (κ3) is 3.52. The summed E-state index contributed by atoms with van der Waals surface area (Å²) in [6, 6.07) is 55.1. The molecule has 42 heavy (non-hydrogen) atoms. The number of benzene rings is 7. The highest BCUT2D eigenvalue weighted by Crippen LogP contribution is 2.38. The summed E-state index contributed by atoms with van der Waals surface area (Å²) in [5.41, 5.74) is 10.8. The summed E-state index contributed by atoms with van der Waals surface area (Å²) in [6.45, 7) is 0. The first-order valence-electron chi connectivity index (χ1n) is 14.4. The fourth-order valence-electron chi connectivity index (χ4n) is 6.65. The third-order valence-electron chi connectivity index (χ3n) is 8.68. The van der Waals surface area contributed by atoms with Crippen molar-refractivity contribution < 1.29 is 0 Å². The fourth-order valence-corrected chi connectivity index (χ4v) is 6.65. The molecule has 0 aliphatic rings. The van der Waals surface area contributed by atoms with Gasteiger partial charge in [-0.1, -0.05) is 97.1 Å². The van der Waals surface area contributed by atoms with Gasteiger partial charge in [-0.2, -0.15) is 0 Å². The number of nitrogens with one attached hydrogen (secondary N) is 1. The first-order valence-corrected chi connectivity index (χ1v) is 14.4. The van der Waals surface area contributed by atoms with Crippen LogP contribution in [0.15, 0.2) is 152 Å². The summed E-state index contributed by atoms with van der Waals surface area (Å²) < 4.78 is 2.43. The molecule has 0 unspecified atom stereocenters. The lowest BCUT2D eigenvalue weighted by Gasteiger charge is -2.11. The monoisotopic (exact) mass is 534 g/mol. The number of aromatic amines is 1. The highest BCUT2D eigenvalue weighted by Gasteiger charge is 2.16. The Labute approximate surface area is 243 Å². The Hall–Kier alpha value is -5.60. The molecule has 2 nitrogen and oxygen atoms in total. The summed E-state index contributed by atoms with van der Waals surface area (Å²) in [4.78, 5) is 3.56. The van der Waals surface area contributed by atoms with Gasteiger partial charge in [0.1, 0.15) is 0 Å². The van der Waals surface area contributed by atoms with E-state index in [4.69, 9.17) is 0 Å². The van der Waals surface area contributed by atoms with Gasteiger partial charge in [0.2, 0.25) is 0 Å². The topological polar surface area (TPSA) is 20.7 Å². The van der Waals surface area contributed by atoms with Crippen molar-refractivity contribution in [3.05, 3.63) is 152 Å². The van der Waals surface area contributed by atoms with E-state index in [1.165, 1.54) is 82.3 Å². The van der Waals surface area contributed by atoms with Crippen molar-refractivity contribution in [2.75, 3.05) is 0 Å². The van der Waals surface area contributed by atoms with E-state index in [0.717, 1.165) is 0 Å². The molecule has 0 spiro atoms. The summed E-state index contributed by atoms with van der Waals surface area (Å²) in [5, 5.41) is 7.55. The average molecular weight is 535 g/mol. The fraction of sp³-hybridized carbons (Fsp3) is 0. The molecule has 2 heterocycles. The standard InChI is InChI=1S/C40H26N2/c1-2-9-26(10-3-1)27-13-8-14-32(21-27)42-39-20-18-31(24-35(39)36-23-28-11-4-5-12-29(28)25-40(36)42)30-17-19-38-34(22-30)33-15-6-7-16-37(33)41-38/h1-25,41H. The van der Waals surface area contributed by atoms with Gasteiger partial charge in [0.05, 0.1) is 11.0 Å². The van der Waals surface area contributed by atoms with Crippen LogP contribution in [0.2, 0.25) is 0 Å². The molecule has 0 aliphatic carbocycles. The number of hydrogen-bond donors (Lipinski definition) is 1. The van der Waals surface area contributed by atoms with Gasteiger partial charge in [-0.15, -0.1) is 0 Å². The number of aromatic nitrogens is 2. The van der Waals surface area contributed by atoms with Gasteiger partial charge in [-0.25, -0.2) is 0 Å². The molecule has 0 aliphatic heterocycles. The molecular formula is C40H26N2. The van der Waals surface area contributed by atoms with Gasteiger partial charge in [-0.3, -0.25) is 0 Å². The molecule has 196 valence electrons. The second-order valence-electron chi connectivity index (χ2n) is 11.1. The van der Waals surface area contributed by atoms with Crippen LogP contribution < -0.4 is 0 Å². The molecule has 9 aromatic rings. The smallest absolute Gasteiger partial charge is 0.0547 e. The third-order valence-corrected chi connectivity index (χ3v) is 8.68. The molecule has 0 saturated heterocycles. The van der Waals surface area contributed by atoms with Gasteiger partial charge < -0.3 is 9.55 Å². The summed E-state index contributed by atoms with van der Waals surface area (Å²) in [6.07, 6.45) is 0. The minimum atomic E-state index is 1.17. The normalized spacial score (nSPS) is 11.8. The maximum Gasteiger partial charge on any atom is 0.0547 e. The van der Waals surface area contributed by atoms with E-state index in [1.807, 2.05) is 0 Å². The minimum Gasteiger partial charge on any atom is -0.355 e. The van der Waals surface area contributed by atoms with Crippen LogP contribution in [-0.2, 0) is 0 Å². The van der Waals surface area contributed by atoms with Crippen LogP contribution in [0.3, 0.4) is 0 Å². The Morgan fingerprint density at radius 1 is 0.357 bits per heavy atom. The maximum atomic E-state index is 3.56. The van der Waals surface area contributed by atoms with Crippen molar-refractivity contribution in [3.63, 3.8) is 0 Å². The highest BCUT2D eigenvalue weighted by molar-refractivity contribution is 6.15. The van der Waals surface area contributed by atoms with Crippen LogP contribution in [0.25, 0.3) is 82.3 Å². The summed E-state index contributed by atoms with van der Waals surface area (Å²) in [5.74, 6) is 0. The van der Waals surface area contributed by atoms with Crippen molar-refractivity contribution in [2.24, 2.45) is 0 Å². The van der Waals surface area contributed by atoms with Crippen LogP contribution in [0.1, 0.15) is 0 Å². The molecule has 0 bridgehead atoms. The number of nitrogens with zero attached hydrogens (tertiary/aromatic N) is 1. The lowest BCUT2D eigenvalue weighted by Crippen LogP contribution is -1.94. The molecule has 2 aromatic heterocycles. The van der Waals surface area contributed by atoms with Crippen molar-refractivity contribution in [1.82, 2.24) is 9.55 Å². The van der Waals surface area contributed by atoms with Crippen LogP contribution in [0, 0.1) is 0 Å². The SMILES string of the molecule is c1ccc(-c2cccc(-n3c4ccc(-c5ccc6[nH]c7ccccc7c6c5)cc4c4cc5ccccc5cc43)c2)cc1. The Morgan fingerprint density at radius 3 is 1.88 bits per heavy atom. The molecular weight excluding hydrogens is 508 g/mol. The van der Waals surface area contributed by atoms with E-state index in [-0.39, 0.29) is 0 Å². The van der Waals surface area contributed by atoms with Gasteiger partial charge in [0.15, 0.2) is 0 Å². The number of fused-ring (bicyclic) bond motifs is 7. The van der Waals surface area contributed by atoms with Gasteiger partial charge >= 0.3 is 0 Å². The molecule has 9 rings (SSSR count). The molecule has 0 atom stereocenters. The zero-order valence-corrected chi connectivity index (χ0v) is 22.9.